The minimum atomic E-state index is -0.00522. The molecular weight excluding hydrogens is 320 g/mol. The Kier molecular flexibility index (Phi) is 7.67. The van der Waals surface area contributed by atoms with E-state index in [0.29, 0.717) is 30.8 Å². The summed E-state index contributed by atoms with van der Waals surface area (Å²) in [6, 6.07) is 3.48. The van der Waals surface area contributed by atoms with E-state index >= 15 is 0 Å². The SMILES string of the molecule is CCCC(=O)c1ccc(OCCCBr)c(CCC)c1O. The molecule has 0 heterocycles. The number of aromatic hydroxyl groups is 1. The van der Waals surface area contributed by atoms with Crippen LogP contribution in [-0.4, -0.2) is 22.8 Å². The molecule has 1 aromatic carbocycles. The number of phenols is 1. The van der Waals surface area contributed by atoms with Crippen LogP contribution in [0, 0.1) is 0 Å². The molecule has 0 saturated carbocycles. The highest BCUT2D eigenvalue weighted by atomic mass is 79.9. The molecule has 0 aliphatic heterocycles. The number of hydrogen-bond acceptors (Lipinski definition) is 3. The number of carbonyl (C=O) groups is 1. The van der Waals surface area contributed by atoms with E-state index in [1.54, 1.807) is 6.07 Å². The quantitative estimate of drug-likeness (QED) is 0.408. The van der Waals surface area contributed by atoms with Crippen LogP contribution >= 0.6 is 15.9 Å². The molecule has 1 aromatic rings. The Morgan fingerprint density at radius 2 is 2.05 bits per heavy atom. The fourth-order valence-electron chi connectivity index (χ4n) is 2.07. The van der Waals surface area contributed by atoms with Crippen molar-refractivity contribution < 1.29 is 14.6 Å². The van der Waals surface area contributed by atoms with Gasteiger partial charge in [-0.05, 0) is 31.4 Å². The molecule has 3 nitrogen and oxygen atoms in total. The molecule has 20 heavy (non-hydrogen) atoms. The zero-order valence-electron chi connectivity index (χ0n) is 12.2. The molecule has 4 heteroatoms. The molecular formula is C16H23BrO3. The summed E-state index contributed by atoms with van der Waals surface area (Å²) in [6.45, 7) is 4.60. The van der Waals surface area contributed by atoms with Crippen LogP contribution < -0.4 is 4.74 Å². The van der Waals surface area contributed by atoms with Crippen molar-refractivity contribution in [2.75, 3.05) is 11.9 Å². The van der Waals surface area contributed by atoms with Crippen LogP contribution in [0.25, 0.3) is 0 Å². The number of halogens is 1. The molecule has 0 aromatic heterocycles. The first-order valence-electron chi connectivity index (χ1n) is 7.22. The Labute approximate surface area is 129 Å². The van der Waals surface area contributed by atoms with Gasteiger partial charge in [-0.15, -0.1) is 0 Å². The largest absolute Gasteiger partial charge is 0.507 e. The average Bonchev–Trinajstić information content (AvgIpc) is 2.43. The second kappa shape index (κ2) is 9.01. The van der Waals surface area contributed by atoms with Crippen molar-refractivity contribution in [3.8, 4) is 11.5 Å². The first-order chi connectivity index (χ1) is 9.65. The zero-order chi connectivity index (χ0) is 15.0. The first kappa shape index (κ1) is 17.0. The number of hydrogen-bond donors (Lipinski definition) is 1. The number of alkyl halides is 1. The van der Waals surface area contributed by atoms with Crippen molar-refractivity contribution in [3.05, 3.63) is 23.3 Å². The maximum absolute atomic E-state index is 12.0. The molecule has 0 fully saturated rings. The standard InChI is InChI=1S/C16H23BrO3/c1-3-6-13-15(20-11-5-10-17)9-8-12(16(13)19)14(18)7-4-2/h8-9,19H,3-7,10-11H2,1-2H3. The monoisotopic (exact) mass is 342 g/mol. The lowest BCUT2D eigenvalue weighted by molar-refractivity contribution is 0.0979. The van der Waals surface area contributed by atoms with E-state index in [2.05, 4.69) is 15.9 Å². The second-order valence-corrected chi connectivity index (χ2v) is 5.55. The average molecular weight is 343 g/mol. The summed E-state index contributed by atoms with van der Waals surface area (Å²) in [6.07, 6.45) is 3.76. The van der Waals surface area contributed by atoms with Crippen LogP contribution in [-0.2, 0) is 6.42 Å². The van der Waals surface area contributed by atoms with E-state index in [4.69, 9.17) is 4.74 Å². The summed E-state index contributed by atoms with van der Waals surface area (Å²) < 4.78 is 5.70. The molecule has 1 rings (SSSR count). The van der Waals surface area contributed by atoms with Gasteiger partial charge in [0, 0.05) is 17.3 Å². The molecule has 0 spiro atoms. The van der Waals surface area contributed by atoms with Gasteiger partial charge in [-0.3, -0.25) is 4.79 Å². The minimum Gasteiger partial charge on any atom is -0.507 e. The number of ether oxygens (including phenoxy) is 1. The van der Waals surface area contributed by atoms with Gasteiger partial charge >= 0.3 is 0 Å². The number of rotatable bonds is 9. The summed E-state index contributed by atoms with van der Waals surface area (Å²) in [5, 5.41) is 11.2. The highest BCUT2D eigenvalue weighted by Gasteiger charge is 2.17. The van der Waals surface area contributed by atoms with Crippen molar-refractivity contribution in [3.63, 3.8) is 0 Å². The molecule has 0 bridgehead atoms. The third-order valence-corrected chi connectivity index (χ3v) is 3.61. The van der Waals surface area contributed by atoms with Crippen LogP contribution in [0.4, 0.5) is 0 Å². The summed E-state index contributed by atoms with van der Waals surface area (Å²) in [5.41, 5.74) is 1.17. The highest BCUT2D eigenvalue weighted by molar-refractivity contribution is 9.09. The van der Waals surface area contributed by atoms with E-state index in [9.17, 15) is 9.90 Å². The van der Waals surface area contributed by atoms with Gasteiger partial charge in [0.15, 0.2) is 5.78 Å². The maximum Gasteiger partial charge on any atom is 0.166 e. The van der Waals surface area contributed by atoms with Crippen LogP contribution in [0.15, 0.2) is 12.1 Å². The van der Waals surface area contributed by atoms with E-state index in [1.807, 2.05) is 19.9 Å². The molecule has 0 atom stereocenters. The lowest BCUT2D eigenvalue weighted by Crippen LogP contribution is -2.05. The van der Waals surface area contributed by atoms with Crippen molar-refractivity contribution in [1.82, 2.24) is 0 Å². The van der Waals surface area contributed by atoms with Gasteiger partial charge in [0.1, 0.15) is 11.5 Å². The van der Waals surface area contributed by atoms with E-state index in [-0.39, 0.29) is 11.5 Å². The molecule has 0 saturated heterocycles. The smallest absolute Gasteiger partial charge is 0.166 e. The number of benzene rings is 1. The Balaban J connectivity index is 3.02. The Morgan fingerprint density at radius 3 is 2.65 bits per heavy atom. The van der Waals surface area contributed by atoms with Gasteiger partial charge < -0.3 is 9.84 Å². The van der Waals surface area contributed by atoms with Crippen LogP contribution in [0.5, 0.6) is 11.5 Å². The van der Waals surface area contributed by atoms with Gasteiger partial charge in [-0.2, -0.15) is 0 Å². The first-order valence-corrected chi connectivity index (χ1v) is 8.34. The molecule has 1 N–H and O–H groups in total. The normalized spacial score (nSPS) is 10.6. The van der Waals surface area contributed by atoms with E-state index < -0.39 is 0 Å². The number of Topliss-reactive ketones (excluding diaryl/α,β-unsaturated/α-hetero) is 1. The molecule has 0 radical (unpaired) electrons. The molecule has 0 amide bonds. The Morgan fingerprint density at radius 1 is 1.30 bits per heavy atom. The van der Waals surface area contributed by atoms with Crippen molar-refractivity contribution >= 4 is 21.7 Å². The third kappa shape index (κ3) is 4.51. The second-order valence-electron chi connectivity index (χ2n) is 4.75. The summed E-state index contributed by atoms with van der Waals surface area (Å²) in [7, 11) is 0. The van der Waals surface area contributed by atoms with E-state index in [1.165, 1.54) is 0 Å². The molecule has 0 unspecified atom stereocenters. The number of ketones is 1. The van der Waals surface area contributed by atoms with E-state index in [0.717, 1.165) is 30.2 Å². The van der Waals surface area contributed by atoms with Gasteiger partial charge in [0.25, 0.3) is 0 Å². The van der Waals surface area contributed by atoms with Gasteiger partial charge in [-0.1, -0.05) is 36.2 Å². The number of phenolic OH excluding ortho intramolecular Hbond substituents is 1. The molecule has 0 aliphatic carbocycles. The summed E-state index contributed by atoms with van der Waals surface area (Å²) in [5.74, 6) is 0.786. The molecule has 0 aliphatic rings. The lowest BCUT2D eigenvalue weighted by Gasteiger charge is -2.14. The van der Waals surface area contributed by atoms with Crippen LogP contribution in [0.1, 0.15) is 55.5 Å². The Hall–Kier alpha value is -1.03. The van der Waals surface area contributed by atoms with Crippen LogP contribution in [0.2, 0.25) is 0 Å². The predicted octanol–water partition coefficient (Wildman–Crippen LogP) is 4.49. The number of carbonyl (C=O) groups excluding carboxylic acids is 1. The van der Waals surface area contributed by atoms with Gasteiger partial charge in [0.2, 0.25) is 0 Å². The highest BCUT2D eigenvalue weighted by Crippen LogP contribution is 2.33. The lowest BCUT2D eigenvalue weighted by atomic mass is 9.99. The summed E-state index contributed by atoms with van der Waals surface area (Å²) >= 11 is 3.36. The predicted molar refractivity (Wildman–Crippen MR) is 85.2 cm³/mol. The minimum absolute atomic E-state index is 0.00522. The van der Waals surface area contributed by atoms with Crippen molar-refractivity contribution in [2.45, 2.75) is 46.0 Å². The molecule has 112 valence electrons. The van der Waals surface area contributed by atoms with Crippen LogP contribution in [0.3, 0.4) is 0 Å². The Bertz CT molecular complexity index is 444. The van der Waals surface area contributed by atoms with Gasteiger partial charge in [-0.25, -0.2) is 0 Å². The van der Waals surface area contributed by atoms with Crippen molar-refractivity contribution in [2.24, 2.45) is 0 Å². The topological polar surface area (TPSA) is 46.5 Å². The third-order valence-electron chi connectivity index (χ3n) is 3.05. The maximum atomic E-state index is 12.0. The summed E-state index contributed by atoms with van der Waals surface area (Å²) in [4.78, 5) is 12.0. The fraction of sp³-hybridized carbons (Fsp3) is 0.562. The van der Waals surface area contributed by atoms with Gasteiger partial charge in [0.05, 0.1) is 12.2 Å². The fourth-order valence-corrected chi connectivity index (χ4v) is 2.30. The zero-order valence-corrected chi connectivity index (χ0v) is 13.8. The van der Waals surface area contributed by atoms with Crippen molar-refractivity contribution in [1.29, 1.82) is 0 Å².